The number of hydrogen-bond donors (Lipinski definition) is 3. The number of nitrogens with zero attached hydrogens (tertiary/aromatic N) is 4. The van der Waals surface area contributed by atoms with E-state index in [1.807, 2.05) is 42.5 Å². The normalized spacial score (nSPS) is 11.8. The Morgan fingerprint density at radius 2 is 1.98 bits per heavy atom. The number of carbonyl (C=O) groups is 2. The summed E-state index contributed by atoms with van der Waals surface area (Å²) < 4.78 is 5.57. The van der Waals surface area contributed by atoms with Crippen molar-refractivity contribution in [2.75, 3.05) is 7.11 Å². The van der Waals surface area contributed by atoms with Crippen molar-refractivity contribution < 1.29 is 14.3 Å². The highest BCUT2D eigenvalue weighted by atomic mass is 32.1. The van der Waals surface area contributed by atoms with E-state index in [4.69, 9.17) is 10.5 Å². The van der Waals surface area contributed by atoms with Crippen LogP contribution in [0.15, 0.2) is 66.4 Å². The van der Waals surface area contributed by atoms with E-state index in [1.54, 1.807) is 31.1 Å². The van der Waals surface area contributed by atoms with Gasteiger partial charge in [-0.05, 0) is 37.1 Å². The Morgan fingerprint density at radius 1 is 1.10 bits per heavy atom. The number of nitrogens with one attached hydrogen (secondary N) is 2. The number of ether oxygens (including phenoxy) is 1. The lowest BCUT2D eigenvalue weighted by atomic mass is 10.1. The van der Waals surface area contributed by atoms with Crippen LogP contribution in [-0.4, -0.2) is 43.8 Å². The van der Waals surface area contributed by atoms with Crippen molar-refractivity contribution in [2.24, 2.45) is 5.73 Å². The number of amides is 2. The summed E-state index contributed by atoms with van der Waals surface area (Å²) in [6, 6.07) is 13.2. The van der Waals surface area contributed by atoms with Gasteiger partial charge >= 0.3 is 0 Å². The largest absolute Gasteiger partial charge is 0.480 e. The third-order valence-electron chi connectivity index (χ3n) is 6.46. The van der Waals surface area contributed by atoms with Crippen LogP contribution in [0.4, 0.5) is 0 Å². The molecule has 0 unspecified atom stereocenters. The molecule has 0 bridgehead atoms. The lowest BCUT2D eigenvalue weighted by molar-refractivity contribution is -0.118. The summed E-state index contributed by atoms with van der Waals surface area (Å²) >= 11 is 1.39. The molecule has 4 heterocycles. The van der Waals surface area contributed by atoms with E-state index in [9.17, 15) is 9.59 Å². The smallest absolute Gasteiger partial charge is 0.271 e. The van der Waals surface area contributed by atoms with Gasteiger partial charge in [0.2, 0.25) is 11.8 Å². The molecule has 5 aromatic rings. The maximum absolute atomic E-state index is 13.3. The number of aromatic amines is 1. The molecule has 0 aliphatic heterocycles. The van der Waals surface area contributed by atoms with Crippen LogP contribution in [0.2, 0.25) is 0 Å². The summed E-state index contributed by atoms with van der Waals surface area (Å²) in [5, 5.41) is 6.52. The molecule has 0 aliphatic rings. The van der Waals surface area contributed by atoms with Gasteiger partial charge in [0.1, 0.15) is 16.5 Å². The van der Waals surface area contributed by atoms with E-state index in [0.29, 0.717) is 36.7 Å². The summed E-state index contributed by atoms with van der Waals surface area (Å²) in [6.07, 6.45) is 8.35. The van der Waals surface area contributed by atoms with Gasteiger partial charge in [-0.3, -0.25) is 14.6 Å². The lowest BCUT2D eigenvalue weighted by Gasteiger charge is -2.16. The van der Waals surface area contributed by atoms with Crippen LogP contribution in [0, 0.1) is 0 Å². The summed E-state index contributed by atoms with van der Waals surface area (Å²) in [7, 11) is 1.58. The standard InChI is InChI=1S/C29H29N7O3S/c1-39-28-20(14-18-8-5-6-10-21(18)35-28)23-16-32-26(33-23)22(11-3-2-4-12-25(30)37)34-27(38)24-17-40-29(36-24)19-9-7-13-31-15-19/h5-10,13-17,22H,2-4,11-12H2,1H3,(H2,30,37)(H,32,33)(H,34,38)/t22-/m0/s1. The van der Waals surface area contributed by atoms with E-state index in [0.717, 1.165) is 45.6 Å². The van der Waals surface area contributed by atoms with Crippen LogP contribution in [0.1, 0.15) is 54.5 Å². The zero-order valence-electron chi connectivity index (χ0n) is 22.0. The summed E-state index contributed by atoms with van der Waals surface area (Å²) in [6.45, 7) is 0. The highest BCUT2D eigenvalue weighted by Crippen LogP contribution is 2.32. The molecule has 204 valence electrons. The number of H-pyrrole nitrogens is 1. The number of rotatable bonds is 12. The highest BCUT2D eigenvalue weighted by Gasteiger charge is 2.22. The van der Waals surface area contributed by atoms with Gasteiger partial charge in [-0.25, -0.2) is 15.0 Å². The Balaban J connectivity index is 1.38. The fourth-order valence-corrected chi connectivity index (χ4v) is 5.22. The van der Waals surface area contributed by atoms with Crippen molar-refractivity contribution >= 4 is 34.1 Å². The third kappa shape index (κ3) is 6.32. The van der Waals surface area contributed by atoms with Gasteiger partial charge in [-0.15, -0.1) is 11.3 Å². The van der Waals surface area contributed by atoms with Crippen LogP contribution in [-0.2, 0) is 4.79 Å². The number of methoxy groups -OCH3 is 1. The van der Waals surface area contributed by atoms with E-state index < -0.39 is 6.04 Å². The van der Waals surface area contributed by atoms with E-state index in [-0.39, 0.29) is 11.8 Å². The molecule has 1 aromatic carbocycles. The fourth-order valence-electron chi connectivity index (χ4n) is 4.43. The van der Waals surface area contributed by atoms with Gasteiger partial charge in [0.25, 0.3) is 5.91 Å². The Morgan fingerprint density at radius 3 is 2.77 bits per heavy atom. The molecule has 5 rings (SSSR count). The molecule has 1 atom stereocenters. The number of thiazole rings is 1. The van der Waals surface area contributed by atoms with Crippen molar-refractivity contribution in [1.29, 1.82) is 0 Å². The first kappa shape index (κ1) is 26.9. The van der Waals surface area contributed by atoms with Gasteiger partial charge < -0.3 is 20.8 Å². The summed E-state index contributed by atoms with van der Waals surface area (Å²) in [5.74, 6) is 0.477. The van der Waals surface area contributed by atoms with Gasteiger partial charge in [0.15, 0.2) is 0 Å². The molecule has 0 fully saturated rings. The number of pyridine rings is 2. The molecular formula is C29H29N7O3S. The van der Waals surface area contributed by atoms with Crippen molar-refractivity contribution in [1.82, 2.24) is 30.2 Å². The van der Waals surface area contributed by atoms with Gasteiger partial charge in [-0.2, -0.15) is 0 Å². The molecule has 0 aliphatic carbocycles. The number of imidazole rings is 1. The van der Waals surface area contributed by atoms with Crippen LogP contribution in [0.25, 0.3) is 32.7 Å². The zero-order valence-corrected chi connectivity index (χ0v) is 22.8. The molecule has 0 radical (unpaired) electrons. The van der Waals surface area contributed by atoms with Gasteiger partial charge in [0.05, 0.1) is 36.1 Å². The molecule has 40 heavy (non-hydrogen) atoms. The second kappa shape index (κ2) is 12.5. The second-order valence-electron chi connectivity index (χ2n) is 9.29. The second-order valence-corrected chi connectivity index (χ2v) is 10.1. The van der Waals surface area contributed by atoms with Gasteiger partial charge in [-0.1, -0.05) is 31.0 Å². The maximum atomic E-state index is 13.3. The molecule has 10 nitrogen and oxygen atoms in total. The van der Waals surface area contributed by atoms with Crippen LogP contribution >= 0.6 is 11.3 Å². The quantitative estimate of drug-likeness (QED) is 0.182. The minimum atomic E-state index is -0.405. The summed E-state index contributed by atoms with van der Waals surface area (Å²) in [5.41, 5.74) is 8.79. The Hall–Kier alpha value is -4.64. The van der Waals surface area contributed by atoms with Crippen LogP contribution < -0.4 is 15.8 Å². The van der Waals surface area contributed by atoms with Crippen LogP contribution in [0.5, 0.6) is 5.88 Å². The van der Waals surface area contributed by atoms with Crippen molar-refractivity contribution in [3.8, 4) is 27.7 Å². The number of unbranched alkanes of at least 4 members (excludes halogenated alkanes) is 2. The summed E-state index contributed by atoms with van der Waals surface area (Å²) in [4.78, 5) is 45.7. The molecule has 0 saturated carbocycles. The SMILES string of the molecule is COc1nc2ccccc2cc1-c1cnc([C@H](CCCCCC(N)=O)NC(=O)c2csc(-c3cccnc3)n2)[nH]1. The Bertz CT molecular complexity index is 1620. The van der Waals surface area contributed by atoms with Crippen molar-refractivity contribution in [3.63, 3.8) is 0 Å². The minimum absolute atomic E-state index is 0.295. The monoisotopic (exact) mass is 555 g/mol. The number of benzene rings is 1. The molecule has 4 N–H and O–H groups in total. The van der Waals surface area contributed by atoms with Crippen LogP contribution in [0.3, 0.4) is 0 Å². The predicted octanol–water partition coefficient (Wildman–Crippen LogP) is 5.06. The minimum Gasteiger partial charge on any atom is -0.480 e. The first-order chi connectivity index (χ1) is 19.5. The number of carbonyl (C=O) groups excluding carboxylic acids is 2. The molecule has 0 spiro atoms. The number of aromatic nitrogens is 5. The van der Waals surface area contributed by atoms with E-state index in [1.165, 1.54) is 11.3 Å². The average molecular weight is 556 g/mol. The molecule has 4 aromatic heterocycles. The molecule has 0 saturated heterocycles. The van der Waals surface area contributed by atoms with Crippen molar-refractivity contribution in [3.05, 3.63) is 78.0 Å². The highest BCUT2D eigenvalue weighted by molar-refractivity contribution is 7.13. The Kier molecular flexibility index (Phi) is 8.41. The molecule has 2 amide bonds. The number of fused-ring (bicyclic) bond motifs is 1. The predicted molar refractivity (Wildman–Crippen MR) is 154 cm³/mol. The van der Waals surface area contributed by atoms with Crippen molar-refractivity contribution in [2.45, 2.75) is 38.1 Å². The number of primary amides is 1. The number of para-hydroxylation sites is 1. The first-order valence-corrected chi connectivity index (χ1v) is 13.8. The topological polar surface area (TPSA) is 149 Å². The maximum Gasteiger partial charge on any atom is 0.271 e. The Labute approximate surface area is 235 Å². The molecule has 11 heteroatoms. The third-order valence-corrected chi connectivity index (χ3v) is 7.36. The number of hydrogen-bond acceptors (Lipinski definition) is 8. The van der Waals surface area contributed by atoms with E-state index >= 15 is 0 Å². The lowest BCUT2D eigenvalue weighted by Crippen LogP contribution is -2.29. The fraction of sp³-hybridized carbons (Fsp3) is 0.241. The molecular weight excluding hydrogens is 526 g/mol. The average Bonchev–Trinajstić information content (AvgIpc) is 3.67. The number of nitrogens with two attached hydrogens (primary N) is 1. The first-order valence-electron chi connectivity index (χ1n) is 13.0. The van der Waals surface area contributed by atoms with Gasteiger partial charge in [0, 0.05) is 35.1 Å². The zero-order chi connectivity index (χ0) is 27.9. The van der Waals surface area contributed by atoms with E-state index in [2.05, 4.69) is 30.2 Å².